The highest BCUT2D eigenvalue weighted by Gasteiger charge is 2.71. The zero-order chi connectivity index (χ0) is 22.9. The first-order chi connectivity index (χ1) is 15.1. The molecule has 1 aliphatic heterocycles. The van der Waals surface area contributed by atoms with Crippen LogP contribution in [0.2, 0.25) is 0 Å². The molecule has 0 amide bonds. The molecule has 4 unspecified atom stereocenters. The van der Waals surface area contributed by atoms with E-state index in [1.807, 2.05) is 0 Å². The molecule has 7 nitrogen and oxygen atoms in total. The lowest BCUT2D eigenvalue weighted by Gasteiger charge is -2.65. The summed E-state index contributed by atoms with van der Waals surface area (Å²) in [6.07, 6.45) is 7.44. The van der Waals surface area contributed by atoms with Gasteiger partial charge in [-0.15, -0.1) is 0 Å². The van der Waals surface area contributed by atoms with E-state index in [1.54, 1.807) is 6.08 Å². The van der Waals surface area contributed by atoms with Crippen LogP contribution in [0.1, 0.15) is 71.6 Å². The Bertz CT molecular complexity index is 882. The highest BCUT2D eigenvalue weighted by atomic mass is 16.5. The second kappa shape index (κ2) is 7.13. The number of ether oxygens (including phenoxy) is 2. The maximum Gasteiger partial charge on any atom is 0.331 e. The molecule has 176 valence electrons. The number of cyclic esters (lactones) is 1. The molecule has 4 fully saturated rings. The van der Waals surface area contributed by atoms with Gasteiger partial charge in [-0.2, -0.15) is 0 Å². The number of rotatable bonds is 3. The molecule has 7 heteroatoms. The van der Waals surface area contributed by atoms with E-state index in [-0.39, 0.29) is 47.6 Å². The maximum atomic E-state index is 12.7. The molecule has 8 atom stereocenters. The number of fused-ring (bicyclic) bond motifs is 5. The van der Waals surface area contributed by atoms with Crippen molar-refractivity contribution in [2.75, 3.05) is 6.61 Å². The fourth-order valence-corrected chi connectivity index (χ4v) is 8.65. The smallest absolute Gasteiger partial charge is 0.331 e. The van der Waals surface area contributed by atoms with E-state index < -0.39 is 16.6 Å². The first-order valence-electron chi connectivity index (χ1n) is 12.0. The summed E-state index contributed by atoms with van der Waals surface area (Å²) in [7, 11) is 0. The van der Waals surface area contributed by atoms with Gasteiger partial charge in [-0.3, -0.25) is 4.79 Å². The fourth-order valence-electron chi connectivity index (χ4n) is 8.65. The van der Waals surface area contributed by atoms with Gasteiger partial charge in [0.25, 0.3) is 0 Å². The monoisotopic (exact) mass is 446 g/mol. The summed E-state index contributed by atoms with van der Waals surface area (Å²) >= 11 is 0. The normalized spacial score (nSPS) is 49.9. The van der Waals surface area contributed by atoms with Crippen LogP contribution in [0, 0.1) is 28.6 Å². The molecule has 2 N–H and O–H groups in total. The predicted molar refractivity (Wildman–Crippen MR) is 113 cm³/mol. The van der Waals surface area contributed by atoms with Crippen LogP contribution in [-0.4, -0.2) is 52.4 Å². The largest absolute Gasteiger partial charge is 0.462 e. The SMILES string of the molecule is CC(=O)OC1CC[C@]2(C=O)C3CC[C@]4(C)C(C5=CC(=O)OC5)CC[C@]4(O)C3CC[C@]2(O)C1. The molecule has 5 aliphatic rings. The van der Waals surface area contributed by atoms with Gasteiger partial charge in [0.2, 0.25) is 0 Å². The Morgan fingerprint density at radius 2 is 1.88 bits per heavy atom. The predicted octanol–water partition coefficient (Wildman–Crippen LogP) is 2.47. The molecule has 4 saturated carbocycles. The summed E-state index contributed by atoms with van der Waals surface area (Å²) in [6.45, 7) is 3.81. The van der Waals surface area contributed by atoms with E-state index in [0.717, 1.165) is 31.1 Å². The molecule has 0 bridgehead atoms. The molecule has 0 radical (unpaired) electrons. The Labute approximate surface area is 188 Å². The Morgan fingerprint density at radius 1 is 1.12 bits per heavy atom. The Morgan fingerprint density at radius 3 is 2.53 bits per heavy atom. The minimum absolute atomic E-state index is 0.0828. The van der Waals surface area contributed by atoms with Gasteiger partial charge in [0, 0.05) is 24.8 Å². The van der Waals surface area contributed by atoms with E-state index in [0.29, 0.717) is 38.7 Å². The second-order valence-electron chi connectivity index (χ2n) is 11.2. The number of aldehydes is 1. The quantitative estimate of drug-likeness (QED) is 0.506. The summed E-state index contributed by atoms with van der Waals surface area (Å²) in [5.74, 6) is -0.772. The first-order valence-corrected chi connectivity index (χ1v) is 12.0. The average Bonchev–Trinajstić information content (AvgIpc) is 3.27. The van der Waals surface area contributed by atoms with E-state index in [4.69, 9.17) is 9.47 Å². The van der Waals surface area contributed by atoms with Crippen LogP contribution in [0.15, 0.2) is 11.6 Å². The molecular weight excluding hydrogens is 412 g/mol. The van der Waals surface area contributed by atoms with Crippen molar-refractivity contribution in [3.63, 3.8) is 0 Å². The maximum absolute atomic E-state index is 12.7. The zero-order valence-electron chi connectivity index (χ0n) is 19.0. The van der Waals surface area contributed by atoms with Crippen molar-refractivity contribution in [3.05, 3.63) is 11.6 Å². The van der Waals surface area contributed by atoms with Crippen molar-refractivity contribution < 1.29 is 34.1 Å². The van der Waals surface area contributed by atoms with Gasteiger partial charge < -0.3 is 24.5 Å². The lowest BCUT2D eigenvalue weighted by Crippen LogP contribution is -2.69. The van der Waals surface area contributed by atoms with Crippen molar-refractivity contribution >= 4 is 18.2 Å². The standard InChI is InChI=1S/C25H34O7/c1-15(27)32-17-3-8-23(14-26)19-4-7-22(2)18(16-11-21(28)31-13-16)6-10-25(22,30)20(19)5-9-24(23,29)12-17/h11,14,17-20,29-30H,3-10,12-13H2,1-2H3/t17?,18?,19?,20?,22-,23+,24+,25+/m1/s1. The van der Waals surface area contributed by atoms with Crippen molar-refractivity contribution in [2.45, 2.75) is 88.9 Å². The molecule has 32 heavy (non-hydrogen) atoms. The highest BCUT2D eigenvalue weighted by Crippen LogP contribution is 2.70. The summed E-state index contributed by atoms with van der Waals surface area (Å²) in [4.78, 5) is 35.8. The molecule has 5 rings (SSSR count). The van der Waals surface area contributed by atoms with Crippen LogP contribution in [0.4, 0.5) is 0 Å². The van der Waals surface area contributed by atoms with E-state index >= 15 is 0 Å². The minimum atomic E-state index is -1.22. The fraction of sp³-hybridized carbons (Fsp3) is 0.800. The molecule has 0 aromatic heterocycles. The van der Waals surface area contributed by atoms with Gasteiger partial charge in [0.1, 0.15) is 19.0 Å². The van der Waals surface area contributed by atoms with Gasteiger partial charge in [0.15, 0.2) is 0 Å². The number of esters is 2. The number of aliphatic hydroxyl groups is 2. The van der Waals surface area contributed by atoms with Crippen molar-refractivity contribution in [1.29, 1.82) is 0 Å². The van der Waals surface area contributed by atoms with Crippen LogP contribution < -0.4 is 0 Å². The molecular formula is C25H34O7. The van der Waals surface area contributed by atoms with Gasteiger partial charge in [0.05, 0.1) is 16.6 Å². The Kier molecular flexibility index (Phi) is 4.92. The van der Waals surface area contributed by atoms with Gasteiger partial charge >= 0.3 is 11.9 Å². The second-order valence-corrected chi connectivity index (χ2v) is 11.2. The molecule has 0 aromatic carbocycles. The zero-order valence-corrected chi connectivity index (χ0v) is 19.0. The van der Waals surface area contributed by atoms with Gasteiger partial charge in [-0.05, 0) is 74.7 Å². The lowest BCUT2D eigenvalue weighted by molar-refractivity contribution is -0.249. The van der Waals surface area contributed by atoms with Crippen LogP contribution >= 0.6 is 0 Å². The number of hydrogen-bond donors (Lipinski definition) is 2. The number of hydrogen-bond acceptors (Lipinski definition) is 7. The summed E-state index contributed by atoms with van der Waals surface area (Å²) in [6, 6.07) is 0. The Balaban J connectivity index is 1.46. The van der Waals surface area contributed by atoms with E-state index in [2.05, 4.69) is 6.92 Å². The number of carbonyl (C=O) groups is 3. The topological polar surface area (TPSA) is 110 Å². The van der Waals surface area contributed by atoms with Crippen molar-refractivity contribution in [2.24, 2.45) is 28.6 Å². The summed E-state index contributed by atoms with van der Waals surface area (Å²) in [5.41, 5.74) is -2.50. The average molecular weight is 447 g/mol. The molecule has 1 heterocycles. The third kappa shape index (κ3) is 2.76. The third-order valence-corrected chi connectivity index (χ3v) is 10.2. The molecule has 0 spiro atoms. The minimum Gasteiger partial charge on any atom is -0.462 e. The lowest BCUT2D eigenvalue weighted by atomic mass is 9.41. The summed E-state index contributed by atoms with van der Waals surface area (Å²) < 4.78 is 10.6. The van der Waals surface area contributed by atoms with Gasteiger partial charge in [-0.1, -0.05) is 6.92 Å². The van der Waals surface area contributed by atoms with E-state index in [1.165, 1.54) is 6.92 Å². The highest BCUT2D eigenvalue weighted by molar-refractivity contribution is 5.85. The van der Waals surface area contributed by atoms with Gasteiger partial charge in [-0.25, -0.2) is 4.79 Å². The molecule has 0 aromatic rings. The van der Waals surface area contributed by atoms with E-state index in [9.17, 15) is 24.6 Å². The van der Waals surface area contributed by atoms with Crippen LogP contribution in [0.25, 0.3) is 0 Å². The molecule has 4 aliphatic carbocycles. The van der Waals surface area contributed by atoms with Crippen LogP contribution in [0.3, 0.4) is 0 Å². The Hall–Kier alpha value is -1.73. The number of carbonyl (C=O) groups excluding carboxylic acids is 3. The third-order valence-electron chi connectivity index (χ3n) is 10.2. The molecule has 0 saturated heterocycles. The van der Waals surface area contributed by atoms with Crippen molar-refractivity contribution in [1.82, 2.24) is 0 Å². The van der Waals surface area contributed by atoms with Crippen LogP contribution in [0.5, 0.6) is 0 Å². The van der Waals surface area contributed by atoms with Crippen LogP contribution in [-0.2, 0) is 23.9 Å². The summed E-state index contributed by atoms with van der Waals surface area (Å²) in [5, 5.41) is 23.9. The van der Waals surface area contributed by atoms with Crippen molar-refractivity contribution in [3.8, 4) is 0 Å². The first kappa shape index (κ1) is 22.1.